The Morgan fingerprint density at radius 1 is 0.772 bits per heavy atom. The van der Waals surface area contributed by atoms with Crippen LogP contribution in [0.25, 0.3) is 16.8 Å². The number of halogens is 3. The molecule has 302 valence electrons. The van der Waals surface area contributed by atoms with Crippen molar-refractivity contribution < 1.29 is 46.4 Å². The van der Waals surface area contributed by atoms with Crippen LogP contribution in [-0.4, -0.2) is 69.1 Å². The number of carbonyl (C=O) groups excluding carboxylic acids is 2. The molecule has 11 nitrogen and oxygen atoms in total. The summed E-state index contributed by atoms with van der Waals surface area (Å²) < 4.78 is 74.7. The second-order valence-electron chi connectivity index (χ2n) is 12.8. The molecule has 1 unspecified atom stereocenters. The smallest absolute Gasteiger partial charge is 0.307 e. The van der Waals surface area contributed by atoms with Gasteiger partial charge in [-0.1, -0.05) is 24.3 Å². The number of hydrogen-bond donors (Lipinski definition) is 2. The topological polar surface area (TPSA) is 113 Å². The minimum atomic E-state index is -1.21. The SMILES string of the molecule is CCOC(=O)CC(CC(=O)OCC)NCc1ccc(-c2cc(F)c(C(S)c3ncc(N(C)c4ccc(OC)c(OC)c4)n3-c3ccc(F)c(OC)c3)c(F)c2)cc1. The lowest BCUT2D eigenvalue weighted by atomic mass is 9.99. The zero-order valence-electron chi connectivity index (χ0n) is 32.5. The normalized spacial score (nSPS) is 11.6. The number of benzene rings is 4. The van der Waals surface area contributed by atoms with E-state index in [9.17, 15) is 14.0 Å². The summed E-state index contributed by atoms with van der Waals surface area (Å²) in [6.45, 7) is 4.16. The van der Waals surface area contributed by atoms with Crippen LogP contribution in [0.1, 0.15) is 48.9 Å². The number of ether oxygens (including phenoxy) is 5. The van der Waals surface area contributed by atoms with Crippen molar-refractivity contribution in [2.75, 3.05) is 46.5 Å². The number of thiol groups is 1. The first-order valence-corrected chi connectivity index (χ1v) is 18.6. The second-order valence-corrected chi connectivity index (χ2v) is 13.3. The monoisotopic (exact) mass is 806 g/mol. The van der Waals surface area contributed by atoms with Crippen molar-refractivity contribution in [2.45, 2.75) is 44.5 Å². The van der Waals surface area contributed by atoms with Gasteiger partial charge < -0.3 is 33.9 Å². The molecule has 0 bridgehead atoms. The Labute approximate surface area is 335 Å². The molecule has 1 N–H and O–H groups in total. The summed E-state index contributed by atoms with van der Waals surface area (Å²) in [5.41, 5.74) is 2.38. The molecule has 0 aliphatic carbocycles. The summed E-state index contributed by atoms with van der Waals surface area (Å²) in [4.78, 5) is 30.6. The van der Waals surface area contributed by atoms with Gasteiger partial charge in [-0.15, -0.1) is 0 Å². The fourth-order valence-electron chi connectivity index (χ4n) is 6.28. The molecule has 1 atom stereocenters. The van der Waals surface area contributed by atoms with E-state index in [4.69, 9.17) is 36.3 Å². The lowest BCUT2D eigenvalue weighted by molar-refractivity contribution is -0.145. The molecular formula is C42H45F3N4O7S. The minimum Gasteiger partial charge on any atom is -0.494 e. The van der Waals surface area contributed by atoms with Crippen LogP contribution in [0.2, 0.25) is 0 Å². The Balaban J connectivity index is 1.44. The number of carbonyl (C=O) groups is 2. The fourth-order valence-corrected chi connectivity index (χ4v) is 6.71. The van der Waals surface area contributed by atoms with Gasteiger partial charge in [0.2, 0.25) is 0 Å². The largest absolute Gasteiger partial charge is 0.494 e. The van der Waals surface area contributed by atoms with E-state index in [1.165, 1.54) is 57.9 Å². The van der Waals surface area contributed by atoms with Crippen molar-refractivity contribution in [3.8, 4) is 34.1 Å². The van der Waals surface area contributed by atoms with Crippen molar-refractivity contribution in [1.29, 1.82) is 0 Å². The quantitative estimate of drug-likeness (QED) is 0.0665. The van der Waals surface area contributed by atoms with Gasteiger partial charge in [-0.3, -0.25) is 14.2 Å². The molecule has 1 aromatic heterocycles. The third-order valence-corrected chi connectivity index (χ3v) is 9.67. The number of nitrogens with one attached hydrogen (secondary N) is 1. The van der Waals surface area contributed by atoms with Gasteiger partial charge in [0.1, 0.15) is 23.3 Å². The van der Waals surface area contributed by atoms with E-state index in [0.29, 0.717) is 40.8 Å². The Morgan fingerprint density at radius 2 is 1.39 bits per heavy atom. The third-order valence-electron chi connectivity index (χ3n) is 9.18. The average molecular weight is 807 g/mol. The summed E-state index contributed by atoms with van der Waals surface area (Å²) in [6, 6.07) is 18.4. The molecule has 0 aliphatic heterocycles. The maximum atomic E-state index is 16.1. The summed E-state index contributed by atoms with van der Waals surface area (Å²) in [5.74, 6) is -1.59. The number of hydrogen-bond acceptors (Lipinski definition) is 11. The standard InChI is InChI=1S/C42H45F3N4O7S/c1-7-55-38(50)19-28(20-39(51)56-8-2)46-23-25-9-11-26(12-10-25)27-17-32(44)40(33(45)18-27)41(57)42-47-24-37(49(42)30-13-15-31(43)35(22-30)53-5)48(3)29-14-16-34(52-4)36(21-29)54-6/h9-18,21-22,24,28,41,46,57H,7-8,19-20,23H2,1-6H3. The Bertz CT molecular complexity index is 2140. The summed E-state index contributed by atoms with van der Waals surface area (Å²) in [6.07, 6.45) is 1.49. The molecule has 0 spiro atoms. The molecule has 0 amide bonds. The van der Waals surface area contributed by atoms with Gasteiger partial charge in [0.15, 0.2) is 23.1 Å². The Morgan fingerprint density at radius 3 is 1.96 bits per heavy atom. The highest BCUT2D eigenvalue weighted by Gasteiger charge is 2.28. The van der Waals surface area contributed by atoms with Crippen LogP contribution < -0.4 is 24.4 Å². The first-order valence-electron chi connectivity index (χ1n) is 18.1. The van der Waals surface area contributed by atoms with Gasteiger partial charge >= 0.3 is 11.9 Å². The van der Waals surface area contributed by atoms with Crippen LogP contribution in [0.3, 0.4) is 0 Å². The molecule has 15 heteroatoms. The van der Waals surface area contributed by atoms with E-state index >= 15 is 8.78 Å². The van der Waals surface area contributed by atoms with Crippen molar-refractivity contribution in [1.82, 2.24) is 14.9 Å². The van der Waals surface area contributed by atoms with Crippen molar-refractivity contribution in [3.05, 3.63) is 113 Å². The van der Waals surface area contributed by atoms with E-state index < -0.39 is 40.7 Å². The lowest BCUT2D eigenvalue weighted by Gasteiger charge is -2.24. The molecule has 4 aromatic carbocycles. The Hall–Kier alpha value is -5.67. The molecule has 5 aromatic rings. The van der Waals surface area contributed by atoms with Gasteiger partial charge in [0.05, 0.1) is 64.5 Å². The number of methoxy groups -OCH3 is 3. The van der Waals surface area contributed by atoms with Gasteiger partial charge in [-0.25, -0.2) is 18.2 Å². The van der Waals surface area contributed by atoms with E-state index in [2.05, 4.69) is 10.3 Å². The molecule has 0 aliphatic rings. The molecule has 5 rings (SSSR count). The minimum absolute atomic E-state index is 0.0178. The van der Waals surface area contributed by atoms with Crippen LogP contribution >= 0.6 is 12.6 Å². The van der Waals surface area contributed by atoms with Gasteiger partial charge in [0.25, 0.3) is 0 Å². The van der Waals surface area contributed by atoms with Gasteiger partial charge in [0, 0.05) is 43.0 Å². The van der Waals surface area contributed by atoms with E-state index in [1.807, 2.05) is 0 Å². The first kappa shape index (κ1) is 42.5. The number of esters is 2. The molecule has 0 saturated heterocycles. The predicted molar refractivity (Wildman–Crippen MR) is 213 cm³/mol. The zero-order chi connectivity index (χ0) is 41.2. The molecule has 57 heavy (non-hydrogen) atoms. The van der Waals surface area contributed by atoms with Crippen LogP contribution in [-0.2, 0) is 25.6 Å². The predicted octanol–water partition coefficient (Wildman–Crippen LogP) is 8.13. The van der Waals surface area contributed by atoms with Crippen LogP contribution in [0.15, 0.2) is 79.0 Å². The van der Waals surface area contributed by atoms with E-state index in [1.54, 1.807) is 72.8 Å². The number of imidazole rings is 1. The number of rotatable bonds is 18. The second kappa shape index (κ2) is 19.5. The number of nitrogens with zero attached hydrogens (tertiary/aromatic N) is 3. The van der Waals surface area contributed by atoms with Crippen molar-refractivity contribution in [2.24, 2.45) is 0 Å². The fraction of sp³-hybridized carbons (Fsp3) is 0.310. The maximum Gasteiger partial charge on any atom is 0.307 e. The summed E-state index contributed by atoms with van der Waals surface area (Å²) in [7, 11) is 6.16. The molecule has 0 saturated carbocycles. The molecular weight excluding hydrogens is 762 g/mol. The molecule has 0 radical (unpaired) electrons. The van der Waals surface area contributed by atoms with Crippen LogP contribution in [0.5, 0.6) is 17.2 Å². The molecule has 0 fully saturated rings. The number of aromatic nitrogens is 2. The van der Waals surface area contributed by atoms with Crippen molar-refractivity contribution >= 4 is 36.1 Å². The van der Waals surface area contributed by atoms with Crippen LogP contribution in [0.4, 0.5) is 24.7 Å². The maximum absolute atomic E-state index is 16.1. The number of anilines is 2. The zero-order valence-corrected chi connectivity index (χ0v) is 33.4. The highest BCUT2D eigenvalue weighted by molar-refractivity contribution is 7.80. The van der Waals surface area contributed by atoms with Gasteiger partial charge in [-0.05, 0) is 66.9 Å². The lowest BCUT2D eigenvalue weighted by Crippen LogP contribution is -2.34. The van der Waals surface area contributed by atoms with Crippen molar-refractivity contribution in [3.63, 3.8) is 0 Å². The Kier molecular flexibility index (Phi) is 14.5. The summed E-state index contributed by atoms with van der Waals surface area (Å²) >= 11 is 4.72. The first-order chi connectivity index (χ1) is 27.4. The van der Waals surface area contributed by atoms with E-state index in [0.717, 1.165) is 5.56 Å². The van der Waals surface area contributed by atoms with E-state index in [-0.39, 0.29) is 48.8 Å². The highest BCUT2D eigenvalue weighted by atomic mass is 32.1. The molecule has 1 heterocycles. The summed E-state index contributed by atoms with van der Waals surface area (Å²) in [5, 5.41) is 1.99. The average Bonchev–Trinajstić information content (AvgIpc) is 3.65. The van der Waals surface area contributed by atoms with Gasteiger partial charge in [-0.2, -0.15) is 12.6 Å². The highest BCUT2D eigenvalue weighted by Crippen LogP contribution is 2.40. The van der Waals surface area contributed by atoms with Crippen LogP contribution in [0, 0.1) is 17.5 Å². The third kappa shape index (κ3) is 10.0.